The normalized spacial score (nSPS) is 18.9. The number of anilines is 4. The molecule has 8 aromatic heterocycles. The van der Waals surface area contributed by atoms with Gasteiger partial charge in [-0.3, -0.25) is 42.0 Å². The maximum Gasteiger partial charge on any atom is 0.413 e. The molecule has 80 heavy (non-hydrogen) atoms. The summed E-state index contributed by atoms with van der Waals surface area (Å²) in [5.74, 6) is 4.78. The number of carbonyl (C=O) groups excluding carboxylic acids is 2. The number of imidazole rings is 2. The Balaban J connectivity index is 0.000000154. The van der Waals surface area contributed by atoms with E-state index in [4.69, 9.17) is 0 Å². The summed E-state index contributed by atoms with van der Waals surface area (Å²) >= 11 is 2.76. The van der Waals surface area contributed by atoms with Crippen molar-refractivity contribution in [2.75, 3.05) is 59.5 Å². The molecule has 2 amide bonds. The highest BCUT2D eigenvalue weighted by molar-refractivity contribution is 7.86. The molecule has 12 rings (SSSR count). The predicted molar refractivity (Wildman–Crippen MR) is 288 cm³/mol. The first-order chi connectivity index (χ1) is 37.9. The van der Waals surface area contributed by atoms with Gasteiger partial charge in [-0.25, -0.2) is 49.5 Å². The first-order valence-corrected chi connectivity index (χ1v) is 28.4. The van der Waals surface area contributed by atoms with Crippen LogP contribution in [0.4, 0.5) is 36.7 Å². The van der Waals surface area contributed by atoms with Crippen LogP contribution in [0.25, 0.3) is 43.5 Å². The quantitative estimate of drug-likeness (QED) is 0.140. The molecule has 2 saturated heterocycles. The Kier molecular flexibility index (Phi) is 14.9. The lowest BCUT2D eigenvalue weighted by atomic mass is 10.3. The third kappa shape index (κ3) is 11.7. The van der Waals surface area contributed by atoms with Gasteiger partial charge in [0.2, 0.25) is 23.7 Å². The topological polar surface area (TPSA) is 320 Å². The number of thiazole rings is 2. The number of fused-ring (bicyclic) bond motifs is 4. The van der Waals surface area contributed by atoms with Crippen molar-refractivity contribution in [2.24, 2.45) is 37.8 Å². The molecule has 0 aromatic carbocycles. The number of hydrogen-bond acceptors (Lipinski definition) is 21. The van der Waals surface area contributed by atoms with Gasteiger partial charge in [0.1, 0.15) is 33.7 Å². The summed E-state index contributed by atoms with van der Waals surface area (Å²) in [6.07, 6.45) is 8.44. The number of halogens is 3. The number of aromatic amines is 1. The van der Waals surface area contributed by atoms with Gasteiger partial charge in [-0.2, -0.15) is 21.6 Å². The minimum Gasteiger partial charge on any atom is -0.340 e. The SMILES string of the molecule is CCn1c(=O)c2c(ncn2[C@@H](C)C(=O)Nc2csc(-c3cnc(N4CC5CC5C4)nc3)n2)n(C)c1=O.CS(=O)(=O)OCC(F)(F)F.C[C@@H](C(=O)Nc1csc(-c2cnc(N3CC4CC4C3)nc2)n1)n1cnc2c1c(=O)[nH]c(=O)n2C. The van der Waals surface area contributed by atoms with Gasteiger partial charge >= 0.3 is 17.6 Å². The summed E-state index contributed by atoms with van der Waals surface area (Å²) < 4.78 is 63.5. The van der Waals surface area contributed by atoms with Crippen molar-refractivity contribution in [3.8, 4) is 21.1 Å². The number of amides is 2. The van der Waals surface area contributed by atoms with Crippen molar-refractivity contribution in [2.45, 2.75) is 58.4 Å². The fourth-order valence-corrected chi connectivity index (χ4v) is 11.2. The number of nitrogens with zero attached hydrogens (tertiary/aromatic N) is 15. The van der Waals surface area contributed by atoms with Crippen LogP contribution in [0.2, 0.25) is 0 Å². The highest BCUT2D eigenvalue weighted by atomic mass is 32.2. The van der Waals surface area contributed by atoms with Crippen LogP contribution in [-0.2, 0) is 44.5 Å². The van der Waals surface area contributed by atoms with Crippen LogP contribution in [0.15, 0.2) is 67.4 Å². The molecule has 4 aliphatic rings. The summed E-state index contributed by atoms with van der Waals surface area (Å²) in [5, 5.41) is 10.5. The Hall–Kier alpha value is -8.04. The van der Waals surface area contributed by atoms with E-state index in [1.807, 2.05) is 0 Å². The van der Waals surface area contributed by atoms with Crippen molar-refractivity contribution in [3.63, 3.8) is 0 Å². The van der Waals surface area contributed by atoms with Crippen LogP contribution in [0.3, 0.4) is 0 Å². The molecule has 33 heteroatoms. The Morgan fingerprint density at radius 3 is 1.57 bits per heavy atom. The monoisotopic (exact) mass is 1160 g/mol. The van der Waals surface area contributed by atoms with Gasteiger partial charge in [0.25, 0.3) is 21.2 Å². The second kappa shape index (κ2) is 21.5. The van der Waals surface area contributed by atoms with Gasteiger partial charge < -0.3 is 29.6 Å². The zero-order chi connectivity index (χ0) is 57.1. The molecule has 0 radical (unpaired) electrons. The van der Waals surface area contributed by atoms with Crippen molar-refractivity contribution in [1.29, 1.82) is 0 Å². The molecule has 3 N–H and O–H groups in total. The van der Waals surface area contributed by atoms with Crippen LogP contribution >= 0.6 is 22.7 Å². The van der Waals surface area contributed by atoms with Crippen LogP contribution in [-0.4, -0.2) is 133 Å². The van der Waals surface area contributed by atoms with E-state index >= 15 is 0 Å². The van der Waals surface area contributed by atoms with Gasteiger partial charge in [-0.15, -0.1) is 22.7 Å². The van der Waals surface area contributed by atoms with E-state index in [0.29, 0.717) is 27.9 Å². The Bertz CT molecular complexity index is 4020. The van der Waals surface area contributed by atoms with Crippen molar-refractivity contribution >= 4 is 90.5 Å². The average Bonchev–Trinajstić information content (AvgIpc) is 4.06. The number of aryl methyl sites for hydroxylation is 2. The summed E-state index contributed by atoms with van der Waals surface area (Å²) in [4.78, 5) is 117. The molecule has 4 fully saturated rings. The molecule has 10 heterocycles. The molecular weight excluding hydrogens is 1110 g/mol. The third-order valence-electron chi connectivity index (χ3n) is 14.0. The zero-order valence-electron chi connectivity index (χ0n) is 43.5. The number of aromatic nitrogens is 14. The van der Waals surface area contributed by atoms with Crippen molar-refractivity contribution in [1.82, 2.24) is 67.7 Å². The summed E-state index contributed by atoms with van der Waals surface area (Å²) in [7, 11) is -0.919. The van der Waals surface area contributed by atoms with E-state index in [1.165, 1.54) is 73.5 Å². The largest absolute Gasteiger partial charge is 0.413 e. The second-order valence-corrected chi connectivity index (χ2v) is 23.1. The minimum absolute atomic E-state index is 0.149. The van der Waals surface area contributed by atoms with Crippen molar-refractivity contribution < 1.29 is 35.4 Å². The summed E-state index contributed by atoms with van der Waals surface area (Å²) in [6.45, 7) is 7.62. The maximum atomic E-state index is 13.0. The van der Waals surface area contributed by atoms with Gasteiger partial charge in [0.15, 0.2) is 28.9 Å². The molecule has 2 saturated carbocycles. The smallest absolute Gasteiger partial charge is 0.340 e. The number of hydrogen-bond donors (Lipinski definition) is 3. The lowest BCUT2D eigenvalue weighted by Gasteiger charge is -2.17. The molecule has 422 valence electrons. The Labute approximate surface area is 458 Å². The molecule has 0 spiro atoms. The molecule has 2 aliphatic heterocycles. The van der Waals surface area contributed by atoms with E-state index in [0.717, 1.165) is 77.4 Å². The molecular formula is C47H51F3N18O9S3. The highest BCUT2D eigenvalue weighted by Gasteiger charge is 2.46. The van der Waals surface area contributed by atoms with E-state index < -0.39 is 57.5 Å². The highest BCUT2D eigenvalue weighted by Crippen LogP contribution is 2.46. The first-order valence-electron chi connectivity index (χ1n) is 24.9. The standard InChI is InChI=1S/C23H25N9O3S.C21H21N9O3S.C3H5F3O3S/c1-4-31-21(34)17-18(29(3)23(31)35)26-11-32(17)12(2)19(33)27-16-10-36-20(28-16)15-6-24-22(25-7-15)30-8-13-5-14(13)9-30;1-10(30-9-24-16-15(30)18(32)27-21(33)28(16)2)17(31)25-14-8-34-19(26-14)13-4-22-20(23-5-13)29-6-11-3-12(11)7-29;1-10(7,8)9-2-3(4,5)6/h6-7,10-14H,4-5,8-9H2,1-3H3,(H,27,33);4-5,8-12H,3,6-7H2,1-2H3,(H,25,31)(H,27,32,33);2H2,1H3/t12-,13?,14?;10-,11?,12?;/m00./s1. The number of carbonyl (C=O) groups is 2. The number of alkyl halides is 3. The molecule has 6 atom stereocenters. The minimum atomic E-state index is -4.59. The van der Waals surface area contributed by atoms with Crippen LogP contribution in [0, 0.1) is 23.7 Å². The maximum absolute atomic E-state index is 13.0. The summed E-state index contributed by atoms with van der Waals surface area (Å²) in [6, 6.07) is -1.52. The lowest BCUT2D eigenvalue weighted by Crippen LogP contribution is -2.39. The summed E-state index contributed by atoms with van der Waals surface area (Å²) in [5.41, 5.74) is 0.273. The van der Waals surface area contributed by atoms with E-state index in [1.54, 1.807) is 63.4 Å². The van der Waals surface area contributed by atoms with E-state index in [2.05, 4.69) is 69.5 Å². The average molecular weight is 1170 g/mol. The molecule has 27 nitrogen and oxygen atoms in total. The molecule has 4 unspecified atom stereocenters. The third-order valence-corrected chi connectivity index (χ3v) is 16.4. The Morgan fingerprint density at radius 1 is 0.725 bits per heavy atom. The van der Waals surface area contributed by atoms with Crippen LogP contribution in [0.1, 0.15) is 45.7 Å². The molecule has 2 aliphatic carbocycles. The fraction of sp³-hybridized carbons (Fsp3) is 0.447. The van der Waals surface area contributed by atoms with Gasteiger partial charge in [-0.1, -0.05) is 0 Å². The molecule has 0 bridgehead atoms. The number of rotatable bonds is 13. The fourth-order valence-electron chi connectivity index (χ4n) is 9.44. The van der Waals surface area contributed by atoms with Gasteiger partial charge in [0, 0.05) is 93.5 Å². The van der Waals surface area contributed by atoms with E-state index in [9.17, 15) is 50.4 Å². The van der Waals surface area contributed by atoms with E-state index in [-0.39, 0.29) is 40.7 Å². The number of nitrogens with one attached hydrogen (secondary N) is 3. The number of piperidine rings is 2. The van der Waals surface area contributed by atoms with Crippen molar-refractivity contribution in [3.05, 3.63) is 89.9 Å². The zero-order valence-corrected chi connectivity index (χ0v) is 45.9. The molecule has 8 aromatic rings. The van der Waals surface area contributed by atoms with Crippen LogP contribution in [0.5, 0.6) is 0 Å². The van der Waals surface area contributed by atoms with Gasteiger partial charge in [0.05, 0.1) is 18.9 Å². The Morgan fingerprint density at radius 2 is 1.16 bits per heavy atom. The second-order valence-electron chi connectivity index (χ2n) is 19.7. The number of H-pyrrole nitrogens is 1. The van der Waals surface area contributed by atoms with Gasteiger partial charge in [-0.05, 0) is 57.3 Å². The predicted octanol–water partition coefficient (Wildman–Crippen LogP) is 3.00. The van der Waals surface area contributed by atoms with Crippen LogP contribution < -0.4 is 42.9 Å². The first kappa shape index (κ1) is 55.3. The lowest BCUT2D eigenvalue weighted by molar-refractivity contribution is -0.152.